The second-order valence-electron chi connectivity index (χ2n) is 2.11. The van der Waals surface area contributed by atoms with Crippen molar-refractivity contribution in [2.45, 2.75) is 6.92 Å². The first kappa shape index (κ1) is 7.96. The van der Waals surface area contributed by atoms with Crippen molar-refractivity contribution in [3.05, 3.63) is 27.4 Å². The highest BCUT2D eigenvalue weighted by atomic mass is 16.1. The molecule has 0 aromatic carbocycles. The molecule has 0 amide bonds. The van der Waals surface area contributed by atoms with Crippen molar-refractivity contribution in [2.75, 3.05) is 0 Å². The molecule has 0 atom stereocenters. The van der Waals surface area contributed by atoms with E-state index in [0.29, 0.717) is 5.69 Å². The van der Waals surface area contributed by atoms with Crippen LogP contribution in [0.15, 0.2) is 4.79 Å². The Balaban J connectivity index is 3.54. The molecule has 0 saturated heterocycles. The maximum absolute atomic E-state index is 10.9. The largest absolute Gasteiger partial charge is 0.321 e. The zero-order valence-electron chi connectivity index (χ0n) is 6.25. The van der Waals surface area contributed by atoms with Gasteiger partial charge in [0.2, 0.25) is 5.69 Å². The molecule has 0 aliphatic rings. The Morgan fingerprint density at radius 3 is 2.42 bits per heavy atom. The van der Waals surface area contributed by atoms with Gasteiger partial charge in [0, 0.05) is 0 Å². The summed E-state index contributed by atoms with van der Waals surface area (Å²) in [6, 6.07) is 3.36. The zero-order chi connectivity index (χ0) is 9.14. The first-order valence-corrected chi connectivity index (χ1v) is 3.10. The van der Waals surface area contributed by atoms with Crippen LogP contribution in [0.2, 0.25) is 0 Å². The van der Waals surface area contributed by atoms with E-state index in [0.717, 1.165) is 0 Å². The van der Waals surface area contributed by atoms with Crippen molar-refractivity contribution in [2.24, 2.45) is 0 Å². The Morgan fingerprint density at radius 1 is 1.33 bits per heavy atom. The van der Waals surface area contributed by atoms with Gasteiger partial charge < -0.3 is 4.98 Å². The van der Waals surface area contributed by atoms with Gasteiger partial charge in [0.1, 0.15) is 12.1 Å². The highest BCUT2D eigenvalue weighted by Gasteiger charge is 2.05. The van der Waals surface area contributed by atoms with Crippen LogP contribution in [0.3, 0.4) is 0 Å². The molecule has 1 rings (SSSR count). The van der Waals surface area contributed by atoms with Crippen LogP contribution >= 0.6 is 0 Å². The van der Waals surface area contributed by atoms with Crippen molar-refractivity contribution in [3.63, 3.8) is 0 Å². The maximum Gasteiger partial charge on any atom is 0.285 e. The summed E-state index contributed by atoms with van der Waals surface area (Å²) in [7, 11) is 0. The van der Waals surface area contributed by atoms with Crippen molar-refractivity contribution in [3.8, 4) is 12.1 Å². The Hall–Kier alpha value is -2.14. The van der Waals surface area contributed by atoms with E-state index in [-0.39, 0.29) is 11.4 Å². The first-order chi connectivity index (χ1) is 5.69. The van der Waals surface area contributed by atoms with Gasteiger partial charge >= 0.3 is 0 Å². The lowest BCUT2D eigenvalue weighted by Gasteiger charge is -1.94. The summed E-state index contributed by atoms with van der Waals surface area (Å²) >= 11 is 0. The topological polar surface area (TPSA) is 93.3 Å². The van der Waals surface area contributed by atoms with Gasteiger partial charge in [0.25, 0.3) is 5.56 Å². The quantitative estimate of drug-likeness (QED) is 0.569. The van der Waals surface area contributed by atoms with Gasteiger partial charge in [0.05, 0.1) is 5.69 Å². The Kier molecular flexibility index (Phi) is 1.89. The molecule has 5 heteroatoms. The third-order valence-electron chi connectivity index (χ3n) is 1.31. The Morgan fingerprint density at radius 2 is 1.92 bits per heavy atom. The highest BCUT2D eigenvalue weighted by molar-refractivity contribution is 5.29. The van der Waals surface area contributed by atoms with E-state index in [1.165, 1.54) is 0 Å². The molecular formula is C7H4N4O. The van der Waals surface area contributed by atoms with Gasteiger partial charge in [-0.25, -0.2) is 4.98 Å². The molecule has 0 radical (unpaired) electrons. The average Bonchev–Trinajstić information content (AvgIpc) is 2.05. The molecule has 1 heterocycles. The van der Waals surface area contributed by atoms with E-state index < -0.39 is 5.56 Å². The van der Waals surface area contributed by atoms with Gasteiger partial charge in [-0.2, -0.15) is 10.5 Å². The van der Waals surface area contributed by atoms with Crippen molar-refractivity contribution in [1.82, 2.24) is 9.97 Å². The second kappa shape index (κ2) is 2.85. The fourth-order valence-corrected chi connectivity index (χ4v) is 0.720. The molecule has 58 valence electrons. The summed E-state index contributed by atoms with van der Waals surface area (Å²) in [6.45, 7) is 1.55. The number of nitriles is 2. The van der Waals surface area contributed by atoms with Gasteiger partial charge in [-0.3, -0.25) is 4.79 Å². The number of nitrogens with one attached hydrogen (secondary N) is 1. The van der Waals surface area contributed by atoms with E-state index in [1.807, 2.05) is 0 Å². The number of aryl methyl sites for hydroxylation is 1. The monoisotopic (exact) mass is 160 g/mol. The molecule has 0 aliphatic carbocycles. The summed E-state index contributed by atoms with van der Waals surface area (Å²) < 4.78 is 0. The van der Waals surface area contributed by atoms with Crippen LogP contribution in [-0.2, 0) is 0 Å². The third kappa shape index (κ3) is 1.16. The van der Waals surface area contributed by atoms with E-state index in [4.69, 9.17) is 10.5 Å². The molecule has 0 bridgehead atoms. The lowest BCUT2D eigenvalue weighted by Crippen LogP contribution is -2.15. The zero-order valence-corrected chi connectivity index (χ0v) is 6.25. The van der Waals surface area contributed by atoms with E-state index in [2.05, 4.69) is 9.97 Å². The van der Waals surface area contributed by atoms with E-state index in [1.54, 1.807) is 19.1 Å². The van der Waals surface area contributed by atoms with Gasteiger partial charge in [-0.05, 0) is 6.92 Å². The number of aromatic amines is 1. The summed E-state index contributed by atoms with van der Waals surface area (Å²) in [6.07, 6.45) is 0. The van der Waals surface area contributed by atoms with Crippen LogP contribution in [0.4, 0.5) is 0 Å². The summed E-state index contributed by atoms with van der Waals surface area (Å²) in [5, 5.41) is 16.9. The van der Waals surface area contributed by atoms with Crippen molar-refractivity contribution in [1.29, 1.82) is 10.5 Å². The van der Waals surface area contributed by atoms with Crippen molar-refractivity contribution >= 4 is 0 Å². The molecule has 12 heavy (non-hydrogen) atoms. The minimum Gasteiger partial charge on any atom is -0.321 e. The summed E-state index contributed by atoms with van der Waals surface area (Å²) in [4.78, 5) is 16.8. The van der Waals surface area contributed by atoms with Crippen LogP contribution in [0.5, 0.6) is 0 Å². The fourth-order valence-electron chi connectivity index (χ4n) is 0.720. The SMILES string of the molecule is Cc1[nH]c(=O)c(C#N)nc1C#N. The number of H-pyrrole nitrogens is 1. The minimum atomic E-state index is -0.561. The summed E-state index contributed by atoms with van der Waals surface area (Å²) in [5.74, 6) is 0. The highest BCUT2D eigenvalue weighted by Crippen LogP contribution is 1.95. The average molecular weight is 160 g/mol. The molecule has 5 nitrogen and oxygen atoms in total. The number of hydrogen-bond donors (Lipinski definition) is 1. The van der Waals surface area contributed by atoms with Gasteiger partial charge in [0.15, 0.2) is 5.69 Å². The molecule has 0 unspecified atom stereocenters. The van der Waals surface area contributed by atoms with Crippen LogP contribution in [0.1, 0.15) is 17.1 Å². The molecule has 0 saturated carbocycles. The van der Waals surface area contributed by atoms with Gasteiger partial charge in [-0.1, -0.05) is 0 Å². The van der Waals surface area contributed by atoms with E-state index in [9.17, 15) is 4.79 Å². The molecule has 0 fully saturated rings. The smallest absolute Gasteiger partial charge is 0.285 e. The predicted molar refractivity (Wildman–Crippen MR) is 39.0 cm³/mol. The lowest BCUT2D eigenvalue weighted by atomic mass is 10.3. The van der Waals surface area contributed by atoms with Crippen molar-refractivity contribution < 1.29 is 0 Å². The normalized spacial score (nSPS) is 8.58. The first-order valence-electron chi connectivity index (χ1n) is 3.10. The standard InChI is InChI=1S/C7H4N4O/c1-4-5(2-8)11-6(3-9)7(12)10-4/h1H3,(H,10,12). The van der Waals surface area contributed by atoms with Crippen LogP contribution < -0.4 is 5.56 Å². The molecular weight excluding hydrogens is 156 g/mol. The van der Waals surface area contributed by atoms with Crippen LogP contribution in [0.25, 0.3) is 0 Å². The Labute approximate surface area is 67.9 Å². The number of hydrogen-bond acceptors (Lipinski definition) is 4. The number of rotatable bonds is 0. The third-order valence-corrected chi connectivity index (χ3v) is 1.31. The molecule has 0 spiro atoms. The molecule has 0 aliphatic heterocycles. The molecule has 1 N–H and O–H groups in total. The minimum absolute atomic E-state index is 0.0751. The van der Waals surface area contributed by atoms with E-state index >= 15 is 0 Å². The fraction of sp³-hybridized carbons (Fsp3) is 0.143. The van der Waals surface area contributed by atoms with Gasteiger partial charge in [-0.15, -0.1) is 0 Å². The summed E-state index contributed by atoms with van der Waals surface area (Å²) in [5.41, 5.74) is -0.390. The number of nitrogens with zero attached hydrogens (tertiary/aromatic N) is 3. The second-order valence-corrected chi connectivity index (χ2v) is 2.11. The predicted octanol–water partition coefficient (Wildman–Crippen LogP) is -0.178. The van der Waals surface area contributed by atoms with Crippen LogP contribution in [-0.4, -0.2) is 9.97 Å². The molecule has 1 aromatic rings. The number of aromatic nitrogens is 2. The van der Waals surface area contributed by atoms with Crippen LogP contribution in [0, 0.1) is 29.6 Å². The lowest BCUT2D eigenvalue weighted by molar-refractivity contribution is 1.02. The molecule has 1 aromatic heterocycles. The Bertz CT molecular complexity index is 446. The maximum atomic E-state index is 10.9.